The van der Waals surface area contributed by atoms with Crippen LogP contribution in [0.15, 0.2) is 29.6 Å². The molecule has 0 fully saturated rings. The van der Waals surface area contributed by atoms with Gasteiger partial charge in [-0.1, -0.05) is 13.0 Å². The molecule has 0 N–H and O–H groups in total. The van der Waals surface area contributed by atoms with Crippen LogP contribution in [0.1, 0.15) is 18.1 Å². The molecule has 19 heavy (non-hydrogen) atoms. The van der Waals surface area contributed by atoms with Gasteiger partial charge in [0, 0.05) is 7.05 Å². The normalized spacial score (nSPS) is 10.8. The van der Waals surface area contributed by atoms with Crippen molar-refractivity contribution in [1.29, 1.82) is 5.26 Å². The van der Waals surface area contributed by atoms with Gasteiger partial charge in [-0.2, -0.15) is 5.26 Å². The first-order valence-electron chi connectivity index (χ1n) is 6.18. The summed E-state index contributed by atoms with van der Waals surface area (Å²) >= 11 is 1.70. The minimum absolute atomic E-state index is 0.633. The van der Waals surface area contributed by atoms with E-state index in [1.807, 2.05) is 25.2 Å². The molecular weight excluding hydrogens is 254 g/mol. The number of benzene rings is 1. The molecule has 94 valence electrons. The lowest BCUT2D eigenvalue weighted by Crippen LogP contribution is -1.92. The number of aryl methyl sites for hydroxylation is 2. The Hall–Kier alpha value is -2.12. The number of para-hydroxylation sites is 1. The summed E-state index contributed by atoms with van der Waals surface area (Å²) in [7, 11) is 2.00. The van der Waals surface area contributed by atoms with E-state index in [0.29, 0.717) is 5.56 Å². The Labute approximate surface area is 115 Å². The number of aromatic nitrogens is 2. The zero-order valence-electron chi connectivity index (χ0n) is 10.8. The maximum absolute atomic E-state index is 9.17. The Balaban J connectivity index is 2.32. The smallest absolute Gasteiger partial charge is 0.151 e. The summed E-state index contributed by atoms with van der Waals surface area (Å²) in [5.41, 5.74) is 3.73. The lowest BCUT2D eigenvalue weighted by molar-refractivity contribution is 0.958. The van der Waals surface area contributed by atoms with Gasteiger partial charge < -0.3 is 4.57 Å². The molecule has 3 aromatic rings. The summed E-state index contributed by atoms with van der Waals surface area (Å²) in [4.78, 5) is 5.88. The van der Waals surface area contributed by atoms with Crippen molar-refractivity contribution in [1.82, 2.24) is 9.55 Å². The van der Waals surface area contributed by atoms with Crippen LogP contribution in [0.2, 0.25) is 0 Å². The van der Waals surface area contributed by atoms with Crippen LogP contribution >= 0.6 is 11.3 Å². The van der Waals surface area contributed by atoms with E-state index in [-0.39, 0.29) is 0 Å². The number of nitrogens with zero attached hydrogens (tertiary/aromatic N) is 3. The molecule has 3 nitrogen and oxygen atoms in total. The minimum Gasteiger partial charge on any atom is -0.326 e. The van der Waals surface area contributed by atoms with E-state index in [9.17, 15) is 5.26 Å². The molecule has 2 aromatic heterocycles. The van der Waals surface area contributed by atoms with Crippen molar-refractivity contribution in [3.63, 3.8) is 0 Å². The fraction of sp³-hybridized carbons (Fsp3) is 0.200. The summed E-state index contributed by atoms with van der Waals surface area (Å²) in [5.74, 6) is 0.949. The lowest BCUT2D eigenvalue weighted by Gasteiger charge is -2.02. The molecule has 0 spiro atoms. The van der Waals surface area contributed by atoms with E-state index < -0.39 is 0 Å². The van der Waals surface area contributed by atoms with E-state index in [4.69, 9.17) is 0 Å². The summed E-state index contributed by atoms with van der Waals surface area (Å²) < 4.78 is 2.07. The SMILES string of the molecule is CCc1ccsc1-c1nc2c(C#N)cccc2n1C. The number of hydrogen-bond donors (Lipinski definition) is 0. The Morgan fingerprint density at radius 1 is 1.37 bits per heavy atom. The number of rotatable bonds is 2. The number of fused-ring (bicyclic) bond motifs is 1. The van der Waals surface area contributed by atoms with Gasteiger partial charge >= 0.3 is 0 Å². The van der Waals surface area contributed by atoms with Crippen molar-refractivity contribution in [3.8, 4) is 16.8 Å². The highest BCUT2D eigenvalue weighted by Crippen LogP contribution is 2.32. The second-order valence-electron chi connectivity index (χ2n) is 4.41. The van der Waals surface area contributed by atoms with E-state index in [1.165, 1.54) is 10.4 Å². The van der Waals surface area contributed by atoms with Crippen LogP contribution in [0.5, 0.6) is 0 Å². The predicted molar refractivity (Wildman–Crippen MR) is 78.1 cm³/mol. The number of nitriles is 1. The summed E-state index contributed by atoms with van der Waals surface area (Å²) in [6, 6.07) is 10.1. The molecule has 0 bridgehead atoms. The average Bonchev–Trinajstić information content (AvgIpc) is 3.03. The molecule has 0 atom stereocenters. The van der Waals surface area contributed by atoms with Crippen LogP contribution in [-0.2, 0) is 13.5 Å². The quantitative estimate of drug-likeness (QED) is 0.709. The molecule has 2 heterocycles. The Morgan fingerprint density at radius 2 is 2.21 bits per heavy atom. The monoisotopic (exact) mass is 267 g/mol. The van der Waals surface area contributed by atoms with Crippen molar-refractivity contribution in [2.45, 2.75) is 13.3 Å². The third-order valence-corrected chi connectivity index (χ3v) is 4.32. The van der Waals surface area contributed by atoms with E-state index in [2.05, 4.69) is 34.0 Å². The van der Waals surface area contributed by atoms with Crippen molar-refractivity contribution < 1.29 is 0 Å². The highest BCUT2D eigenvalue weighted by Gasteiger charge is 2.15. The molecule has 0 unspecified atom stereocenters. The van der Waals surface area contributed by atoms with Gasteiger partial charge in [-0.15, -0.1) is 11.3 Å². The Morgan fingerprint density at radius 3 is 2.95 bits per heavy atom. The van der Waals surface area contributed by atoms with Gasteiger partial charge in [-0.25, -0.2) is 4.98 Å². The summed E-state index contributed by atoms with van der Waals surface area (Å²) in [6.07, 6.45) is 0.993. The first-order chi connectivity index (χ1) is 9.26. The maximum Gasteiger partial charge on any atom is 0.151 e. The van der Waals surface area contributed by atoms with Crippen LogP contribution in [0.25, 0.3) is 21.7 Å². The van der Waals surface area contributed by atoms with Gasteiger partial charge in [-0.05, 0) is 35.6 Å². The molecule has 1 aromatic carbocycles. The summed E-state index contributed by atoms with van der Waals surface area (Å²) in [6.45, 7) is 2.15. The fourth-order valence-corrected chi connectivity index (χ4v) is 3.34. The highest BCUT2D eigenvalue weighted by molar-refractivity contribution is 7.13. The van der Waals surface area contributed by atoms with Crippen molar-refractivity contribution >= 4 is 22.4 Å². The van der Waals surface area contributed by atoms with Crippen LogP contribution in [0.3, 0.4) is 0 Å². The maximum atomic E-state index is 9.17. The Kier molecular flexibility index (Phi) is 2.84. The minimum atomic E-state index is 0.633. The third kappa shape index (κ3) is 1.74. The molecule has 3 rings (SSSR count). The molecule has 0 aliphatic carbocycles. The largest absolute Gasteiger partial charge is 0.326 e. The van der Waals surface area contributed by atoms with Gasteiger partial charge in [0.1, 0.15) is 11.6 Å². The molecule has 0 saturated heterocycles. The highest BCUT2D eigenvalue weighted by atomic mass is 32.1. The van der Waals surface area contributed by atoms with Crippen LogP contribution in [0.4, 0.5) is 0 Å². The van der Waals surface area contributed by atoms with Gasteiger partial charge in [0.15, 0.2) is 5.82 Å². The zero-order chi connectivity index (χ0) is 13.4. The molecule has 0 aliphatic heterocycles. The molecule has 0 aliphatic rings. The standard InChI is InChI=1S/C15H13N3S/c1-3-10-7-8-19-14(10)15-17-13-11(9-16)5-4-6-12(13)18(15)2/h4-8H,3H2,1-2H3. The van der Waals surface area contributed by atoms with E-state index >= 15 is 0 Å². The number of thiophene rings is 1. The average molecular weight is 267 g/mol. The Bertz CT molecular complexity index is 789. The van der Waals surface area contributed by atoms with E-state index in [0.717, 1.165) is 23.3 Å². The van der Waals surface area contributed by atoms with Crippen molar-refractivity contribution in [2.75, 3.05) is 0 Å². The van der Waals surface area contributed by atoms with E-state index in [1.54, 1.807) is 11.3 Å². The number of imidazole rings is 1. The molecule has 0 radical (unpaired) electrons. The molecule has 0 saturated carbocycles. The van der Waals surface area contributed by atoms with Gasteiger partial charge in [-0.3, -0.25) is 0 Å². The summed E-state index contributed by atoms with van der Waals surface area (Å²) in [5, 5.41) is 11.3. The second kappa shape index (κ2) is 4.52. The van der Waals surface area contributed by atoms with Gasteiger partial charge in [0.05, 0.1) is 16.0 Å². The van der Waals surface area contributed by atoms with Gasteiger partial charge in [0.2, 0.25) is 0 Å². The predicted octanol–water partition coefficient (Wildman–Crippen LogP) is 3.74. The van der Waals surface area contributed by atoms with Crippen molar-refractivity contribution in [2.24, 2.45) is 7.05 Å². The van der Waals surface area contributed by atoms with Crippen molar-refractivity contribution in [3.05, 3.63) is 40.8 Å². The fourth-order valence-electron chi connectivity index (χ4n) is 2.32. The van der Waals surface area contributed by atoms with Crippen LogP contribution < -0.4 is 0 Å². The molecular formula is C15H13N3S. The zero-order valence-corrected chi connectivity index (χ0v) is 11.7. The molecule has 4 heteroatoms. The first-order valence-corrected chi connectivity index (χ1v) is 7.06. The number of hydrogen-bond acceptors (Lipinski definition) is 3. The van der Waals surface area contributed by atoms with Gasteiger partial charge in [0.25, 0.3) is 0 Å². The topological polar surface area (TPSA) is 41.6 Å². The van der Waals surface area contributed by atoms with Crippen LogP contribution in [-0.4, -0.2) is 9.55 Å². The van der Waals surface area contributed by atoms with Crippen LogP contribution in [0, 0.1) is 11.3 Å². The first kappa shape index (κ1) is 11.9. The lowest BCUT2D eigenvalue weighted by atomic mass is 10.2. The third-order valence-electron chi connectivity index (χ3n) is 3.36. The molecule has 0 amide bonds. The second-order valence-corrected chi connectivity index (χ2v) is 5.32.